The molecule has 0 aliphatic carbocycles. The van der Waals surface area contributed by atoms with E-state index >= 15 is 0 Å². The second-order valence-electron chi connectivity index (χ2n) is 4.98. The van der Waals surface area contributed by atoms with E-state index in [1.54, 1.807) is 32.0 Å². The largest absolute Gasteiger partial charge is 0.465 e. The lowest BCUT2D eigenvalue weighted by molar-refractivity contribution is 0.0599. The average Bonchev–Trinajstić information content (AvgIpc) is 2.78. The van der Waals surface area contributed by atoms with Crippen LogP contribution in [-0.2, 0) is 4.74 Å². The number of esters is 1. The minimum atomic E-state index is -0.468. The van der Waals surface area contributed by atoms with Crippen molar-refractivity contribution in [2.24, 2.45) is 0 Å². The number of anilines is 1. The molecule has 1 aromatic heterocycles. The third-order valence-corrected chi connectivity index (χ3v) is 3.98. The molecule has 2 aromatic rings. The fourth-order valence-corrected chi connectivity index (χ4v) is 2.49. The molecule has 2 rings (SSSR count). The third-order valence-electron chi connectivity index (χ3n) is 3.57. The third kappa shape index (κ3) is 2.85. The van der Waals surface area contributed by atoms with Crippen molar-refractivity contribution < 1.29 is 14.3 Å². The Labute approximate surface area is 133 Å². The quantitative estimate of drug-likeness (QED) is 0.848. The number of H-pyrrole nitrogens is 1. The van der Waals surface area contributed by atoms with E-state index in [2.05, 4.69) is 10.3 Å². The topological polar surface area (TPSA) is 71.2 Å². The molecule has 0 fully saturated rings. The summed E-state index contributed by atoms with van der Waals surface area (Å²) in [6.45, 7) is 5.25. The highest BCUT2D eigenvalue weighted by molar-refractivity contribution is 6.31. The van der Waals surface area contributed by atoms with Crippen molar-refractivity contribution in [1.29, 1.82) is 0 Å². The second-order valence-corrected chi connectivity index (χ2v) is 5.39. The Hall–Kier alpha value is -2.27. The van der Waals surface area contributed by atoms with Crippen LogP contribution in [0.1, 0.15) is 37.7 Å². The molecule has 0 aliphatic rings. The number of rotatable bonds is 3. The molecule has 0 radical (unpaired) electrons. The van der Waals surface area contributed by atoms with Gasteiger partial charge in [0.05, 0.1) is 12.7 Å². The van der Waals surface area contributed by atoms with Crippen LogP contribution in [-0.4, -0.2) is 24.0 Å². The number of carbonyl (C=O) groups excluding carboxylic acids is 2. The van der Waals surface area contributed by atoms with Crippen LogP contribution in [0.5, 0.6) is 0 Å². The predicted molar refractivity (Wildman–Crippen MR) is 85.7 cm³/mol. The van der Waals surface area contributed by atoms with Crippen LogP contribution in [0.2, 0.25) is 5.02 Å². The summed E-state index contributed by atoms with van der Waals surface area (Å²) in [5, 5.41) is 3.38. The molecule has 6 heteroatoms. The Kier molecular flexibility index (Phi) is 4.56. The lowest BCUT2D eigenvalue weighted by atomic mass is 10.1. The van der Waals surface area contributed by atoms with Gasteiger partial charge in [-0.3, -0.25) is 4.79 Å². The average molecular weight is 321 g/mol. The van der Waals surface area contributed by atoms with Gasteiger partial charge in [0, 0.05) is 16.4 Å². The van der Waals surface area contributed by atoms with Crippen molar-refractivity contribution in [1.82, 2.24) is 4.98 Å². The smallest absolute Gasteiger partial charge is 0.339 e. The molecular formula is C16H17ClN2O3. The highest BCUT2D eigenvalue weighted by Gasteiger charge is 2.22. The molecular weight excluding hydrogens is 304 g/mol. The Morgan fingerprint density at radius 2 is 1.86 bits per heavy atom. The zero-order valence-electron chi connectivity index (χ0n) is 12.8. The van der Waals surface area contributed by atoms with Crippen LogP contribution in [0.15, 0.2) is 18.2 Å². The molecule has 1 aromatic carbocycles. The van der Waals surface area contributed by atoms with Crippen molar-refractivity contribution in [3.63, 3.8) is 0 Å². The molecule has 0 spiro atoms. The van der Waals surface area contributed by atoms with Crippen LogP contribution in [0.25, 0.3) is 0 Å². The molecule has 1 amide bonds. The molecule has 2 N–H and O–H groups in total. The van der Waals surface area contributed by atoms with Crippen LogP contribution in [0.4, 0.5) is 5.69 Å². The highest BCUT2D eigenvalue weighted by atomic mass is 35.5. The minimum absolute atomic E-state index is 0.331. The molecule has 0 saturated heterocycles. The van der Waals surface area contributed by atoms with E-state index in [1.807, 2.05) is 6.92 Å². The number of hydrogen-bond acceptors (Lipinski definition) is 3. The molecule has 0 saturated carbocycles. The summed E-state index contributed by atoms with van der Waals surface area (Å²) >= 11 is 6.04. The summed E-state index contributed by atoms with van der Waals surface area (Å²) in [5.74, 6) is -0.801. The molecule has 1 heterocycles. The number of amides is 1. The van der Waals surface area contributed by atoms with Gasteiger partial charge in [-0.05, 0) is 44.0 Å². The Balaban J connectivity index is 2.35. The van der Waals surface area contributed by atoms with Gasteiger partial charge >= 0.3 is 5.97 Å². The number of carbonyl (C=O) groups is 2. The van der Waals surface area contributed by atoms with Crippen LogP contribution >= 0.6 is 11.6 Å². The molecule has 0 unspecified atom stereocenters. The van der Waals surface area contributed by atoms with Gasteiger partial charge in [-0.15, -0.1) is 0 Å². The first-order chi connectivity index (χ1) is 10.4. The first-order valence-electron chi connectivity index (χ1n) is 6.70. The summed E-state index contributed by atoms with van der Waals surface area (Å²) in [5.41, 5.74) is 3.28. The normalized spacial score (nSPS) is 10.4. The number of benzene rings is 1. The van der Waals surface area contributed by atoms with Gasteiger partial charge in [-0.25, -0.2) is 4.79 Å². The van der Waals surface area contributed by atoms with Gasteiger partial charge in [0.2, 0.25) is 0 Å². The van der Waals surface area contributed by atoms with E-state index in [9.17, 15) is 9.59 Å². The van der Waals surface area contributed by atoms with E-state index in [-0.39, 0.29) is 5.91 Å². The number of aromatic amines is 1. The van der Waals surface area contributed by atoms with Crippen LogP contribution in [0, 0.1) is 20.8 Å². The number of ether oxygens (including phenoxy) is 1. The van der Waals surface area contributed by atoms with Crippen molar-refractivity contribution in [2.75, 3.05) is 12.4 Å². The van der Waals surface area contributed by atoms with Crippen LogP contribution < -0.4 is 5.32 Å². The number of aromatic nitrogens is 1. The Morgan fingerprint density at radius 1 is 1.18 bits per heavy atom. The van der Waals surface area contributed by atoms with E-state index in [4.69, 9.17) is 16.3 Å². The molecule has 5 nitrogen and oxygen atoms in total. The zero-order valence-corrected chi connectivity index (χ0v) is 13.6. The number of halogens is 1. The van der Waals surface area contributed by atoms with Crippen molar-refractivity contribution in [3.8, 4) is 0 Å². The molecule has 0 bridgehead atoms. The lowest BCUT2D eigenvalue weighted by Gasteiger charge is -2.09. The van der Waals surface area contributed by atoms with Gasteiger partial charge in [0.15, 0.2) is 0 Å². The SMILES string of the molecule is COC(=O)c1c(C)[nH]c(C(=O)Nc2cccc(Cl)c2C)c1C. The summed E-state index contributed by atoms with van der Waals surface area (Å²) in [6, 6.07) is 5.29. The van der Waals surface area contributed by atoms with Gasteiger partial charge in [0.1, 0.15) is 5.69 Å². The number of aryl methyl sites for hydroxylation is 1. The first-order valence-corrected chi connectivity index (χ1v) is 7.08. The Morgan fingerprint density at radius 3 is 2.50 bits per heavy atom. The summed E-state index contributed by atoms with van der Waals surface area (Å²) in [6.07, 6.45) is 0. The summed E-state index contributed by atoms with van der Waals surface area (Å²) in [7, 11) is 1.31. The molecule has 22 heavy (non-hydrogen) atoms. The number of methoxy groups -OCH3 is 1. The fraction of sp³-hybridized carbons (Fsp3) is 0.250. The van der Waals surface area contributed by atoms with E-state index in [0.717, 1.165) is 5.56 Å². The van der Waals surface area contributed by atoms with Crippen LogP contribution in [0.3, 0.4) is 0 Å². The predicted octanol–water partition coefficient (Wildman–Crippen LogP) is 3.63. The molecule has 0 aliphatic heterocycles. The molecule has 0 atom stereocenters. The van der Waals surface area contributed by atoms with Gasteiger partial charge < -0.3 is 15.0 Å². The Bertz CT molecular complexity index is 750. The van der Waals surface area contributed by atoms with Gasteiger partial charge in [-0.1, -0.05) is 17.7 Å². The number of nitrogens with one attached hydrogen (secondary N) is 2. The highest BCUT2D eigenvalue weighted by Crippen LogP contribution is 2.25. The monoisotopic (exact) mass is 320 g/mol. The minimum Gasteiger partial charge on any atom is -0.465 e. The maximum absolute atomic E-state index is 12.4. The maximum atomic E-state index is 12.4. The summed E-state index contributed by atoms with van der Waals surface area (Å²) in [4.78, 5) is 27.1. The summed E-state index contributed by atoms with van der Waals surface area (Å²) < 4.78 is 4.74. The van der Waals surface area contributed by atoms with E-state index in [1.165, 1.54) is 7.11 Å². The fourth-order valence-electron chi connectivity index (χ4n) is 2.31. The van der Waals surface area contributed by atoms with Gasteiger partial charge in [0.25, 0.3) is 5.91 Å². The number of hydrogen-bond donors (Lipinski definition) is 2. The van der Waals surface area contributed by atoms with E-state index in [0.29, 0.717) is 33.2 Å². The standard InChI is InChI=1S/C16H17ClN2O3/c1-8-11(17)6-5-7-12(8)19-15(20)14-9(2)13(10(3)18-14)16(21)22-4/h5-7,18H,1-4H3,(H,19,20). The van der Waals surface area contributed by atoms with Gasteiger partial charge in [-0.2, -0.15) is 0 Å². The lowest BCUT2D eigenvalue weighted by Crippen LogP contribution is -2.15. The zero-order chi connectivity index (χ0) is 16.4. The van der Waals surface area contributed by atoms with E-state index < -0.39 is 5.97 Å². The van der Waals surface area contributed by atoms with Crippen molar-refractivity contribution in [3.05, 3.63) is 51.3 Å². The van der Waals surface area contributed by atoms with Crippen molar-refractivity contribution in [2.45, 2.75) is 20.8 Å². The maximum Gasteiger partial charge on any atom is 0.339 e. The second kappa shape index (κ2) is 6.23. The van der Waals surface area contributed by atoms with Crippen molar-refractivity contribution >= 4 is 29.2 Å². The first kappa shape index (κ1) is 16.1. The molecule has 116 valence electrons.